The summed E-state index contributed by atoms with van der Waals surface area (Å²) in [7, 11) is 0. The summed E-state index contributed by atoms with van der Waals surface area (Å²) >= 11 is 0. The molecule has 2 heterocycles. The molecule has 0 spiro atoms. The SMILES string of the molecule is CCCCc1cn(C(C)(C)C)c(=O)n1Cc1ccc(-c2ccccc2-n2cnnn2)cc1. The third-order valence-corrected chi connectivity index (χ3v) is 5.68. The summed E-state index contributed by atoms with van der Waals surface area (Å²) in [5, 5.41) is 11.5. The van der Waals surface area contributed by atoms with E-state index >= 15 is 0 Å². The van der Waals surface area contributed by atoms with Crippen molar-refractivity contribution in [2.45, 2.75) is 59.0 Å². The summed E-state index contributed by atoms with van der Waals surface area (Å²) < 4.78 is 5.44. The van der Waals surface area contributed by atoms with Crippen molar-refractivity contribution in [3.8, 4) is 16.8 Å². The number of tetrazole rings is 1. The van der Waals surface area contributed by atoms with Crippen LogP contribution in [-0.2, 0) is 18.5 Å². The van der Waals surface area contributed by atoms with Crippen molar-refractivity contribution in [1.29, 1.82) is 0 Å². The fourth-order valence-electron chi connectivity index (χ4n) is 3.90. The number of aryl methyl sites for hydroxylation is 1. The molecule has 2 aromatic carbocycles. The predicted octanol–water partition coefficient (Wildman–Crippen LogP) is 4.44. The molecule has 0 atom stereocenters. The smallest absolute Gasteiger partial charge is 0.294 e. The molecule has 0 aliphatic rings. The van der Waals surface area contributed by atoms with Crippen LogP contribution in [0.5, 0.6) is 0 Å². The second-order valence-corrected chi connectivity index (χ2v) is 9.10. The Morgan fingerprint density at radius 3 is 2.41 bits per heavy atom. The molecule has 166 valence electrons. The van der Waals surface area contributed by atoms with E-state index in [1.54, 1.807) is 11.0 Å². The van der Waals surface area contributed by atoms with Crippen LogP contribution in [0.4, 0.5) is 0 Å². The van der Waals surface area contributed by atoms with E-state index < -0.39 is 0 Å². The molecule has 0 fully saturated rings. The molecule has 7 nitrogen and oxygen atoms in total. The van der Waals surface area contributed by atoms with Crippen molar-refractivity contribution in [3.05, 3.63) is 82.8 Å². The van der Waals surface area contributed by atoms with Crippen molar-refractivity contribution in [3.63, 3.8) is 0 Å². The average Bonchev–Trinajstić information content (AvgIpc) is 3.42. The highest BCUT2D eigenvalue weighted by atomic mass is 16.1. The maximum absolute atomic E-state index is 13.2. The van der Waals surface area contributed by atoms with Crippen molar-refractivity contribution < 1.29 is 0 Å². The van der Waals surface area contributed by atoms with Gasteiger partial charge < -0.3 is 0 Å². The predicted molar refractivity (Wildman–Crippen MR) is 126 cm³/mol. The molecule has 4 rings (SSSR count). The Morgan fingerprint density at radius 1 is 1.00 bits per heavy atom. The van der Waals surface area contributed by atoms with Gasteiger partial charge in [-0.3, -0.25) is 9.13 Å². The quantitative estimate of drug-likeness (QED) is 0.435. The van der Waals surface area contributed by atoms with Gasteiger partial charge in [-0.15, -0.1) is 5.10 Å². The van der Waals surface area contributed by atoms with E-state index in [1.807, 2.05) is 33.5 Å². The Morgan fingerprint density at radius 2 is 1.75 bits per heavy atom. The molecule has 0 unspecified atom stereocenters. The summed E-state index contributed by atoms with van der Waals surface area (Å²) in [5.74, 6) is 0. The zero-order valence-corrected chi connectivity index (χ0v) is 19.2. The van der Waals surface area contributed by atoms with Gasteiger partial charge in [0.05, 0.1) is 12.2 Å². The van der Waals surface area contributed by atoms with Crippen LogP contribution >= 0.6 is 0 Å². The summed E-state index contributed by atoms with van der Waals surface area (Å²) in [6.45, 7) is 8.95. The van der Waals surface area contributed by atoms with Gasteiger partial charge in [0.2, 0.25) is 0 Å². The lowest BCUT2D eigenvalue weighted by Gasteiger charge is -2.19. The van der Waals surface area contributed by atoms with Gasteiger partial charge in [-0.2, -0.15) is 4.68 Å². The molecule has 0 saturated carbocycles. The van der Waals surface area contributed by atoms with Gasteiger partial charge >= 0.3 is 5.69 Å². The number of hydrogen-bond acceptors (Lipinski definition) is 4. The highest BCUT2D eigenvalue weighted by Crippen LogP contribution is 2.26. The van der Waals surface area contributed by atoms with E-state index in [9.17, 15) is 4.79 Å². The number of unbranched alkanes of at least 4 members (excludes halogenated alkanes) is 1. The van der Waals surface area contributed by atoms with Crippen LogP contribution in [0.3, 0.4) is 0 Å². The van der Waals surface area contributed by atoms with Crippen LogP contribution in [0.15, 0.2) is 65.8 Å². The zero-order chi connectivity index (χ0) is 22.7. The molecule has 0 amide bonds. The van der Waals surface area contributed by atoms with Crippen LogP contribution in [0.2, 0.25) is 0 Å². The minimum atomic E-state index is -0.243. The third kappa shape index (κ3) is 4.42. The summed E-state index contributed by atoms with van der Waals surface area (Å²) in [6.07, 6.45) is 6.71. The van der Waals surface area contributed by atoms with Crippen molar-refractivity contribution >= 4 is 0 Å². The molecule has 0 bridgehead atoms. The topological polar surface area (TPSA) is 70.5 Å². The van der Waals surface area contributed by atoms with Crippen LogP contribution in [-0.4, -0.2) is 29.3 Å². The molecule has 0 aliphatic heterocycles. The Bertz CT molecular complexity index is 1230. The monoisotopic (exact) mass is 430 g/mol. The van der Waals surface area contributed by atoms with Gasteiger partial charge in [0.1, 0.15) is 6.33 Å². The maximum atomic E-state index is 13.2. The Balaban J connectivity index is 1.65. The van der Waals surface area contributed by atoms with E-state index in [4.69, 9.17) is 0 Å². The third-order valence-electron chi connectivity index (χ3n) is 5.68. The second-order valence-electron chi connectivity index (χ2n) is 9.10. The Hall–Kier alpha value is -3.48. The number of nitrogens with zero attached hydrogens (tertiary/aromatic N) is 6. The largest absolute Gasteiger partial charge is 0.329 e. The van der Waals surface area contributed by atoms with E-state index in [-0.39, 0.29) is 11.2 Å². The van der Waals surface area contributed by atoms with Gasteiger partial charge in [-0.1, -0.05) is 55.8 Å². The first-order chi connectivity index (χ1) is 15.4. The first kappa shape index (κ1) is 21.7. The van der Waals surface area contributed by atoms with Gasteiger partial charge in [0.25, 0.3) is 0 Å². The second kappa shape index (κ2) is 8.94. The molecule has 32 heavy (non-hydrogen) atoms. The standard InChI is InChI=1S/C25H30N6O/c1-5-6-9-21-17-30(25(2,3)4)24(32)29(21)16-19-12-14-20(15-13-19)22-10-7-8-11-23(22)31-18-26-27-28-31/h7-8,10-15,17-18H,5-6,9,16H2,1-4H3. The lowest BCUT2D eigenvalue weighted by molar-refractivity contribution is 0.380. The molecule has 0 N–H and O–H groups in total. The van der Waals surface area contributed by atoms with Crippen LogP contribution in [0, 0.1) is 0 Å². The van der Waals surface area contributed by atoms with Gasteiger partial charge in [-0.25, -0.2) is 4.79 Å². The number of imidazole rings is 1. The highest BCUT2D eigenvalue weighted by molar-refractivity contribution is 5.72. The lowest BCUT2D eigenvalue weighted by Crippen LogP contribution is -2.34. The van der Waals surface area contributed by atoms with E-state index in [2.05, 4.69) is 73.6 Å². The molecule has 7 heteroatoms. The average molecular weight is 431 g/mol. The van der Waals surface area contributed by atoms with Gasteiger partial charge in [0.15, 0.2) is 0 Å². The molecule has 0 saturated heterocycles. The lowest BCUT2D eigenvalue weighted by atomic mass is 10.0. The number of rotatable bonds is 7. The first-order valence-corrected chi connectivity index (χ1v) is 11.1. The fraction of sp³-hybridized carbons (Fsp3) is 0.360. The number of aromatic nitrogens is 6. The molecule has 0 aliphatic carbocycles. The van der Waals surface area contributed by atoms with Crippen LogP contribution < -0.4 is 5.69 Å². The van der Waals surface area contributed by atoms with E-state index in [0.717, 1.165) is 47.3 Å². The Kier molecular flexibility index (Phi) is 6.08. The molecular weight excluding hydrogens is 400 g/mol. The summed E-state index contributed by atoms with van der Waals surface area (Å²) in [4.78, 5) is 13.2. The molecule has 0 radical (unpaired) electrons. The number of para-hydroxylation sites is 1. The van der Waals surface area contributed by atoms with Crippen LogP contribution in [0.25, 0.3) is 16.8 Å². The Labute approximate surface area is 188 Å². The zero-order valence-electron chi connectivity index (χ0n) is 19.2. The number of benzene rings is 2. The normalized spacial score (nSPS) is 11.8. The van der Waals surface area contributed by atoms with Crippen molar-refractivity contribution in [2.24, 2.45) is 0 Å². The highest BCUT2D eigenvalue weighted by Gasteiger charge is 2.20. The summed E-state index contributed by atoms with van der Waals surface area (Å²) in [6, 6.07) is 16.4. The van der Waals surface area contributed by atoms with Crippen molar-refractivity contribution in [1.82, 2.24) is 29.3 Å². The van der Waals surface area contributed by atoms with Crippen LogP contribution in [0.1, 0.15) is 51.8 Å². The van der Waals surface area contributed by atoms with Crippen molar-refractivity contribution in [2.75, 3.05) is 0 Å². The van der Waals surface area contributed by atoms with Gasteiger partial charge in [0, 0.05) is 23.0 Å². The first-order valence-electron chi connectivity index (χ1n) is 11.1. The minimum absolute atomic E-state index is 0.0525. The minimum Gasteiger partial charge on any atom is -0.294 e. The maximum Gasteiger partial charge on any atom is 0.329 e. The van der Waals surface area contributed by atoms with E-state index in [0.29, 0.717) is 6.54 Å². The van der Waals surface area contributed by atoms with Gasteiger partial charge in [-0.05, 0) is 61.2 Å². The molecular formula is C25H30N6O. The van der Waals surface area contributed by atoms with E-state index in [1.165, 1.54) is 0 Å². The molecule has 2 aromatic heterocycles. The fourth-order valence-corrected chi connectivity index (χ4v) is 3.90. The summed E-state index contributed by atoms with van der Waals surface area (Å²) in [5.41, 5.74) is 5.05. The number of hydrogen-bond donors (Lipinski definition) is 0. The molecule has 4 aromatic rings.